The average molecular weight is 154 g/mol. The van der Waals surface area contributed by atoms with Crippen molar-refractivity contribution in [3.63, 3.8) is 0 Å². The van der Waals surface area contributed by atoms with Crippen LogP contribution in [0.15, 0.2) is 0 Å². The summed E-state index contributed by atoms with van der Waals surface area (Å²) < 4.78 is 11.4. The first-order valence-electron chi connectivity index (χ1n) is 2.98. The SMILES string of the molecule is OP(O)CCCCCF. The quantitative estimate of drug-likeness (QED) is 0.464. The Bertz CT molecular complexity index is 60.9. The van der Waals surface area contributed by atoms with Crippen molar-refractivity contribution in [3.05, 3.63) is 0 Å². The fourth-order valence-corrected chi connectivity index (χ4v) is 1.03. The molecule has 0 rings (SSSR count). The minimum atomic E-state index is -1.74. The molecule has 0 aromatic heterocycles. The molecule has 0 aromatic carbocycles. The van der Waals surface area contributed by atoms with Crippen LogP contribution in [0.2, 0.25) is 0 Å². The van der Waals surface area contributed by atoms with E-state index in [9.17, 15) is 4.39 Å². The van der Waals surface area contributed by atoms with Gasteiger partial charge in [-0.25, -0.2) is 0 Å². The lowest BCUT2D eigenvalue weighted by atomic mass is 10.3. The van der Waals surface area contributed by atoms with Crippen LogP contribution in [0, 0.1) is 0 Å². The van der Waals surface area contributed by atoms with E-state index in [1.807, 2.05) is 0 Å². The van der Waals surface area contributed by atoms with Crippen LogP contribution in [-0.4, -0.2) is 22.6 Å². The molecule has 0 saturated heterocycles. The first-order valence-corrected chi connectivity index (χ1v) is 4.42. The highest BCUT2D eigenvalue weighted by molar-refractivity contribution is 7.45. The Morgan fingerprint density at radius 2 is 1.78 bits per heavy atom. The van der Waals surface area contributed by atoms with Gasteiger partial charge in [0.25, 0.3) is 0 Å². The first-order chi connectivity index (χ1) is 4.27. The van der Waals surface area contributed by atoms with Gasteiger partial charge >= 0.3 is 0 Å². The molecule has 0 bridgehead atoms. The van der Waals surface area contributed by atoms with Gasteiger partial charge in [0.15, 0.2) is 8.38 Å². The maximum absolute atomic E-state index is 11.4. The Balaban J connectivity index is 2.75. The number of hydrogen-bond donors (Lipinski definition) is 2. The molecule has 9 heavy (non-hydrogen) atoms. The molecule has 0 aliphatic heterocycles. The molecular formula is C5H12FO2P. The Morgan fingerprint density at radius 1 is 1.11 bits per heavy atom. The summed E-state index contributed by atoms with van der Waals surface area (Å²) in [7, 11) is -1.74. The summed E-state index contributed by atoms with van der Waals surface area (Å²) in [5.41, 5.74) is 0. The van der Waals surface area contributed by atoms with Crippen molar-refractivity contribution in [3.8, 4) is 0 Å². The van der Waals surface area contributed by atoms with Crippen molar-refractivity contribution >= 4 is 8.38 Å². The van der Waals surface area contributed by atoms with Crippen LogP contribution >= 0.6 is 8.38 Å². The number of rotatable bonds is 5. The van der Waals surface area contributed by atoms with Gasteiger partial charge < -0.3 is 9.79 Å². The Hall–Kier alpha value is 0.280. The zero-order valence-electron chi connectivity index (χ0n) is 5.26. The van der Waals surface area contributed by atoms with Gasteiger partial charge in [-0.05, 0) is 12.8 Å². The van der Waals surface area contributed by atoms with E-state index in [1.165, 1.54) is 0 Å². The molecule has 0 heterocycles. The number of alkyl halides is 1. The summed E-state index contributed by atoms with van der Waals surface area (Å²) in [5.74, 6) is 0. The lowest BCUT2D eigenvalue weighted by molar-refractivity contribution is 0.452. The Labute approximate surface area is 55.6 Å². The maximum Gasteiger partial charge on any atom is 0.164 e. The smallest absolute Gasteiger partial charge is 0.164 e. The highest BCUT2D eigenvalue weighted by atomic mass is 31.2. The molecule has 0 radical (unpaired) electrons. The van der Waals surface area contributed by atoms with Crippen LogP contribution in [0.1, 0.15) is 19.3 Å². The molecule has 0 fully saturated rings. The van der Waals surface area contributed by atoms with E-state index in [4.69, 9.17) is 9.79 Å². The molecule has 0 amide bonds. The molecule has 4 heteroatoms. The summed E-state index contributed by atoms with van der Waals surface area (Å²) in [6.45, 7) is -0.297. The normalized spacial score (nSPS) is 10.7. The van der Waals surface area contributed by atoms with Crippen molar-refractivity contribution in [1.29, 1.82) is 0 Å². The minimum absolute atomic E-state index is 0.297. The zero-order valence-corrected chi connectivity index (χ0v) is 6.15. The predicted octanol–water partition coefficient (Wildman–Crippen LogP) is 1.42. The number of hydrogen-bond acceptors (Lipinski definition) is 2. The molecular weight excluding hydrogens is 142 g/mol. The van der Waals surface area contributed by atoms with Crippen LogP contribution in [0.3, 0.4) is 0 Å². The van der Waals surface area contributed by atoms with Crippen molar-refractivity contribution in [1.82, 2.24) is 0 Å². The van der Waals surface area contributed by atoms with E-state index in [-0.39, 0.29) is 6.67 Å². The zero-order chi connectivity index (χ0) is 7.11. The molecule has 0 aliphatic carbocycles. The van der Waals surface area contributed by atoms with E-state index in [0.717, 1.165) is 12.8 Å². The maximum atomic E-state index is 11.4. The van der Waals surface area contributed by atoms with E-state index < -0.39 is 8.38 Å². The largest absolute Gasteiger partial charge is 0.350 e. The van der Waals surface area contributed by atoms with Crippen LogP contribution in [-0.2, 0) is 0 Å². The molecule has 2 N–H and O–H groups in total. The highest BCUT2D eigenvalue weighted by Crippen LogP contribution is 2.24. The van der Waals surface area contributed by atoms with E-state index >= 15 is 0 Å². The van der Waals surface area contributed by atoms with Crippen molar-refractivity contribution in [2.75, 3.05) is 12.8 Å². The second kappa shape index (κ2) is 6.40. The van der Waals surface area contributed by atoms with Crippen molar-refractivity contribution < 1.29 is 14.2 Å². The topological polar surface area (TPSA) is 40.5 Å². The van der Waals surface area contributed by atoms with Gasteiger partial charge in [0, 0.05) is 6.16 Å². The van der Waals surface area contributed by atoms with E-state index in [1.54, 1.807) is 0 Å². The molecule has 56 valence electrons. The Morgan fingerprint density at radius 3 is 2.22 bits per heavy atom. The summed E-state index contributed by atoms with van der Waals surface area (Å²) in [5, 5.41) is 0. The third kappa shape index (κ3) is 8.28. The molecule has 0 aliphatic rings. The van der Waals surface area contributed by atoms with Gasteiger partial charge in [-0.3, -0.25) is 4.39 Å². The number of halogens is 1. The average Bonchev–Trinajstić information content (AvgIpc) is 1.80. The first kappa shape index (κ1) is 9.28. The van der Waals surface area contributed by atoms with E-state index in [0.29, 0.717) is 12.6 Å². The van der Waals surface area contributed by atoms with Gasteiger partial charge in [-0.1, -0.05) is 6.42 Å². The van der Waals surface area contributed by atoms with Crippen LogP contribution < -0.4 is 0 Å². The van der Waals surface area contributed by atoms with Gasteiger partial charge in [-0.15, -0.1) is 0 Å². The van der Waals surface area contributed by atoms with Crippen LogP contribution in [0.25, 0.3) is 0 Å². The molecule has 0 atom stereocenters. The summed E-state index contributed by atoms with van der Waals surface area (Å²) in [6.07, 6.45) is 2.46. The number of unbranched alkanes of at least 4 members (excludes halogenated alkanes) is 2. The third-order valence-electron chi connectivity index (χ3n) is 0.992. The molecule has 0 saturated carbocycles. The van der Waals surface area contributed by atoms with Crippen molar-refractivity contribution in [2.24, 2.45) is 0 Å². The van der Waals surface area contributed by atoms with Gasteiger partial charge in [0.05, 0.1) is 6.67 Å². The monoisotopic (exact) mass is 154 g/mol. The van der Waals surface area contributed by atoms with E-state index in [2.05, 4.69) is 0 Å². The standard InChI is InChI=1S/C5H12FO2P/c6-4-2-1-3-5-9(7)8/h7-8H,1-5H2. The lowest BCUT2D eigenvalue weighted by Gasteiger charge is -1.98. The summed E-state index contributed by atoms with van der Waals surface area (Å²) in [4.78, 5) is 16.8. The summed E-state index contributed by atoms with van der Waals surface area (Å²) in [6, 6.07) is 0. The van der Waals surface area contributed by atoms with Crippen LogP contribution in [0.4, 0.5) is 4.39 Å². The lowest BCUT2D eigenvalue weighted by Crippen LogP contribution is -1.84. The molecule has 0 aromatic rings. The summed E-state index contributed by atoms with van der Waals surface area (Å²) >= 11 is 0. The van der Waals surface area contributed by atoms with Gasteiger partial charge in [0.1, 0.15) is 0 Å². The molecule has 0 spiro atoms. The Kier molecular flexibility index (Phi) is 6.60. The molecule has 2 nitrogen and oxygen atoms in total. The molecule has 0 unspecified atom stereocenters. The van der Waals surface area contributed by atoms with Crippen LogP contribution in [0.5, 0.6) is 0 Å². The van der Waals surface area contributed by atoms with Crippen molar-refractivity contribution in [2.45, 2.75) is 19.3 Å². The second-order valence-electron chi connectivity index (χ2n) is 1.85. The fourth-order valence-electron chi connectivity index (χ4n) is 0.524. The minimum Gasteiger partial charge on any atom is -0.350 e. The predicted molar refractivity (Wildman–Crippen MR) is 36.1 cm³/mol. The second-order valence-corrected chi connectivity index (χ2v) is 3.04. The third-order valence-corrected chi connectivity index (χ3v) is 1.71. The highest BCUT2D eigenvalue weighted by Gasteiger charge is 1.96. The van der Waals surface area contributed by atoms with Gasteiger partial charge in [-0.2, -0.15) is 0 Å². The van der Waals surface area contributed by atoms with Gasteiger partial charge in [0.2, 0.25) is 0 Å². The fraction of sp³-hybridized carbons (Fsp3) is 1.00.